The highest BCUT2D eigenvalue weighted by atomic mass is 35.5. The number of nitrogens with one attached hydrogen (secondary N) is 1. The first-order valence-electron chi connectivity index (χ1n) is 7.65. The predicted molar refractivity (Wildman–Crippen MR) is 94.7 cm³/mol. The van der Waals surface area contributed by atoms with Crippen LogP contribution in [0, 0.1) is 0 Å². The molecule has 0 aliphatic heterocycles. The van der Waals surface area contributed by atoms with Gasteiger partial charge in [-0.2, -0.15) is 13.2 Å². The molecule has 1 atom stereocenters. The van der Waals surface area contributed by atoms with Crippen LogP contribution in [0.15, 0.2) is 53.4 Å². The number of carbonyl (C=O) groups is 1. The number of rotatable bonds is 6. The molecule has 0 bridgehead atoms. The van der Waals surface area contributed by atoms with Crippen molar-refractivity contribution < 1.29 is 18.0 Å². The second-order valence-corrected chi connectivity index (χ2v) is 7.10. The molecule has 0 radical (unpaired) electrons. The molecule has 0 spiro atoms. The predicted octanol–water partition coefficient (Wildman–Crippen LogP) is 5.55. The van der Waals surface area contributed by atoms with Gasteiger partial charge in [-0.1, -0.05) is 30.7 Å². The van der Waals surface area contributed by atoms with E-state index >= 15 is 0 Å². The van der Waals surface area contributed by atoms with E-state index in [4.69, 9.17) is 11.6 Å². The van der Waals surface area contributed by atoms with Gasteiger partial charge in [0.25, 0.3) is 0 Å². The van der Waals surface area contributed by atoms with E-state index in [0.717, 1.165) is 17.0 Å². The highest BCUT2D eigenvalue weighted by Gasteiger charge is 2.30. The molecule has 0 aromatic heterocycles. The summed E-state index contributed by atoms with van der Waals surface area (Å²) in [4.78, 5) is 13.2. The summed E-state index contributed by atoms with van der Waals surface area (Å²) < 4.78 is 38.2. The zero-order valence-corrected chi connectivity index (χ0v) is 15.0. The van der Waals surface area contributed by atoms with Crippen molar-refractivity contribution in [3.05, 3.63) is 64.7 Å². The second kappa shape index (κ2) is 8.63. The summed E-state index contributed by atoms with van der Waals surface area (Å²) in [5, 5.41) is 3.00. The molecule has 1 amide bonds. The molecule has 2 aromatic rings. The molecular formula is C18H17ClF3NOS. The molecule has 25 heavy (non-hydrogen) atoms. The number of benzene rings is 2. The molecule has 7 heteroatoms. The average molecular weight is 388 g/mol. The average Bonchev–Trinajstić information content (AvgIpc) is 2.58. The summed E-state index contributed by atoms with van der Waals surface area (Å²) in [7, 11) is 0. The van der Waals surface area contributed by atoms with Gasteiger partial charge in [-0.3, -0.25) is 4.79 Å². The zero-order valence-electron chi connectivity index (χ0n) is 13.4. The first kappa shape index (κ1) is 19.7. The Balaban J connectivity index is 1.97. The Morgan fingerprint density at radius 3 is 2.48 bits per heavy atom. The number of hydrogen-bond acceptors (Lipinski definition) is 2. The number of halogens is 4. The maximum absolute atomic E-state index is 12.7. The number of hydrogen-bond donors (Lipinski definition) is 1. The van der Waals surface area contributed by atoms with Gasteiger partial charge in [-0.05, 0) is 48.4 Å². The van der Waals surface area contributed by atoms with Crippen molar-refractivity contribution in [1.29, 1.82) is 0 Å². The molecule has 0 heterocycles. The highest BCUT2D eigenvalue weighted by molar-refractivity contribution is 8.00. The fraction of sp³-hybridized carbons (Fsp3) is 0.278. The van der Waals surface area contributed by atoms with Crippen molar-refractivity contribution in [3.63, 3.8) is 0 Å². The maximum Gasteiger partial charge on any atom is 0.416 e. The van der Waals surface area contributed by atoms with Crippen molar-refractivity contribution in [2.45, 2.75) is 36.2 Å². The molecule has 0 fully saturated rings. The third-order valence-corrected chi connectivity index (χ3v) is 5.10. The standard InChI is InChI=1S/C18H17ClF3NOS/c1-2-16(25-15-8-6-14(19)7-9-15)17(24)23-11-12-4-3-5-13(10-12)18(20,21)22/h3-10,16H,2,11H2,1H3,(H,23,24). The molecule has 1 unspecified atom stereocenters. The first-order valence-corrected chi connectivity index (χ1v) is 8.91. The van der Waals surface area contributed by atoms with Gasteiger partial charge in [0, 0.05) is 16.5 Å². The van der Waals surface area contributed by atoms with E-state index in [0.29, 0.717) is 17.0 Å². The number of carbonyl (C=O) groups excluding carboxylic acids is 1. The van der Waals surface area contributed by atoms with Gasteiger partial charge in [-0.25, -0.2) is 0 Å². The lowest BCUT2D eigenvalue weighted by atomic mass is 10.1. The van der Waals surface area contributed by atoms with Gasteiger partial charge in [0.1, 0.15) is 0 Å². The quantitative estimate of drug-likeness (QED) is 0.659. The highest BCUT2D eigenvalue weighted by Crippen LogP contribution is 2.30. The third kappa shape index (κ3) is 5.97. The third-order valence-electron chi connectivity index (χ3n) is 3.48. The molecule has 134 valence electrons. The monoisotopic (exact) mass is 387 g/mol. The fourth-order valence-electron chi connectivity index (χ4n) is 2.16. The number of amides is 1. The van der Waals surface area contributed by atoms with Gasteiger partial charge in [0.15, 0.2) is 0 Å². The molecule has 2 aromatic carbocycles. The topological polar surface area (TPSA) is 29.1 Å². The first-order chi connectivity index (χ1) is 11.8. The Morgan fingerprint density at radius 2 is 1.88 bits per heavy atom. The van der Waals surface area contributed by atoms with E-state index < -0.39 is 11.7 Å². The largest absolute Gasteiger partial charge is 0.416 e. The maximum atomic E-state index is 12.7. The van der Waals surface area contributed by atoms with Crippen LogP contribution in [0.3, 0.4) is 0 Å². The van der Waals surface area contributed by atoms with Crippen LogP contribution in [0.2, 0.25) is 5.02 Å². The summed E-state index contributed by atoms with van der Waals surface area (Å²) in [5.41, 5.74) is -0.309. The Labute approximate surface area is 153 Å². The summed E-state index contributed by atoms with van der Waals surface area (Å²) in [6.07, 6.45) is -3.79. The van der Waals surface area contributed by atoms with E-state index in [-0.39, 0.29) is 17.7 Å². The lowest BCUT2D eigenvalue weighted by molar-refractivity contribution is -0.137. The minimum Gasteiger partial charge on any atom is -0.351 e. The van der Waals surface area contributed by atoms with Crippen molar-refractivity contribution in [1.82, 2.24) is 5.32 Å². The fourth-order valence-corrected chi connectivity index (χ4v) is 3.27. The minimum absolute atomic E-state index is 0.0560. The van der Waals surface area contributed by atoms with Gasteiger partial charge in [-0.15, -0.1) is 11.8 Å². The van der Waals surface area contributed by atoms with Crippen LogP contribution in [0.25, 0.3) is 0 Å². The molecule has 1 N–H and O–H groups in total. The SMILES string of the molecule is CCC(Sc1ccc(Cl)cc1)C(=O)NCc1cccc(C(F)(F)F)c1. The van der Waals surface area contributed by atoms with Crippen LogP contribution in [-0.4, -0.2) is 11.2 Å². The van der Waals surface area contributed by atoms with Gasteiger partial charge in [0.2, 0.25) is 5.91 Å². The van der Waals surface area contributed by atoms with Crippen molar-refractivity contribution in [3.8, 4) is 0 Å². The van der Waals surface area contributed by atoms with Crippen molar-refractivity contribution in [2.24, 2.45) is 0 Å². The lowest BCUT2D eigenvalue weighted by Crippen LogP contribution is -2.31. The smallest absolute Gasteiger partial charge is 0.351 e. The second-order valence-electron chi connectivity index (χ2n) is 5.38. The molecule has 0 aliphatic carbocycles. The Morgan fingerprint density at radius 1 is 1.20 bits per heavy atom. The van der Waals surface area contributed by atoms with E-state index in [9.17, 15) is 18.0 Å². The number of alkyl halides is 3. The minimum atomic E-state index is -4.39. The van der Waals surface area contributed by atoms with E-state index in [1.54, 1.807) is 18.2 Å². The molecule has 2 nitrogen and oxygen atoms in total. The molecule has 2 rings (SSSR count). The Kier molecular flexibility index (Phi) is 6.79. The molecule has 0 saturated heterocycles. The van der Waals surface area contributed by atoms with Gasteiger partial charge in [0.05, 0.1) is 10.8 Å². The van der Waals surface area contributed by atoms with Crippen LogP contribution in [0.4, 0.5) is 13.2 Å². The molecule has 0 aliphatic rings. The molecular weight excluding hydrogens is 371 g/mol. The molecule has 0 saturated carbocycles. The van der Waals surface area contributed by atoms with Crippen molar-refractivity contribution >= 4 is 29.3 Å². The van der Waals surface area contributed by atoms with Crippen LogP contribution in [-0.2, 0) is 17.5 Å². The van der Waals surface area contributed by atoms with Gasteiger partial charge >= 0.3 is 6.18 Å². The van der Waals surface area contributed by atoms with Crippen LogP contribution in [0.1, 0.15) is 24.5 Å². The Hall–Kier alpha value is -1.66. The zero-order chi connectivity index (χ0) is 18.4. The van der Waals surface area contributed by atoms with Crippen molar-refractivity contribution in [2.75, 3.05) is 0 Å². The van der Waals surface area contributed by atoms with Crippen LogP contribution >= 0.6 is 23.4 Å². The lowest BCUT2D eigenvalue weighted by Gasteiger charge is -2.15. The van der Waals surface area contributed by atoms with E-state index in [2.05, 4.69) is 5.32 Å². The number of thioether (sulfide) groups is 1. The normalized spacial score (nSPS) is 12.7. The van der Waals surface area contributed by atoms with E-state index in [1.807, 2.05) is 19.1 Å². The summed E-state index contributed by atoms with van der Waals surface area (Å²) in [6.45, 7) is 1.94. The van der Waals surface area contributed by atoms with E-state index in [1.165, 1.54) is 17.8 Å². The van der Waals surface area contributed by atoms with Gasteiger partial charge < -0.3 is 5.32 Å². The van der Waals surface area contributed by atoms with Crippen LogP contribution < -0.4 is 5.32 Å². The summed E-state index contributed by atoms with van der Waals surface area (Å²) in [6, 6.07) is 12.1. The summed E-state index contributed by atoms with van der Waals surface area (Å²) >= 11 is 7.24. The summed E-state index contributed by atoms with van der Waals surface area (Å²) in [5.74, 6) is -0.208. The van der Waals surface area contributed by atoms with Crippen LogP contribution in [0.5, 0.6) is 0 Å². The Bertz CT molecular complexity index is 719.